The maximum Gasteiger partial charge on any atom is 0.218 e. The normalized spacial score (nSPS) is 11.3. The van der Waals surface area contributed by atoms with Gasteiger partial charge in [0, 0.05) is 18.5 Å². The fourth-order valence-electron chi connectivity index (χ4n) is 1.11. The van der Waals surface area contributed by atoms with E-state index in [0.29, 0.717) is 12.5 Å². The van der Waals surface area contributed by atoms with E-state index in [1.165, 1.54) is 0 Å². The molecule has 0 amide bonds. The van der Waals surface area contributed by atoms with Crippen molar-refractivity contribution in [2.75, 3.05) is 19.0 Å². The number of ether oxygens (including phenoxy) is 1. The molecule has 0 unspecified atom stereocenters. The summed E-state index contributed by atoms with van der Waals surface area (Å²) in [6.45, 7) is 8.80. The van der Waals surface area contributed by atoms with Crippen LogP contribution in [0.25, 0.3) is 0 Å². The minimum absolute atomic E-state index is 0.0707. The Hall–Kier alpha value is -1.32. The van der Waals surface area contributed by atoms with Crippen LogP contribution in [0.15, 0.2) is 6.07 Å². The molecule has 0 aromatic carbocycles. The van der Waals surface area contributed by atoms with Gasteiger partial charge in [-0.3, -0.25) is 0 Å². The summed E-state index contributed by atoms with van der Waals surface area (Å²) in [4.78, 5) is 8.77. The van der Waals surface area contributed by atoms with E-state index >= 15 is 0 Å². The molecule has 0 aliphatic rings. The first-order valence-corrected chi connectivity index (χ1v) is 5.17. The van der Waals surface area contributed by atoms with Gasteiger partial charge < -0.3 is 10.1 Å². The van der Waals surface area contributed by atoms with Crippen LogP contribution in [-0.2, 0) is 5.41 Å². The quantitative estimate of drug-likeness (QED) is 0.829. The largest absolute Gasteiger partial charge is 0.478 e. The van der Waals surface area contributed by atoms with Crippen molar-refractivity contribution in [3.8, 4) is 5.88 Å². The van der Waals surface area contributed by atoms with E-state index in [1.54, 1.807) is 6.07 Å². The first kappa shape index (κ1) is 11.8. The van der Waals surface area contributed by atoms with E-state index < -0.39 is 0 Å². The maximum absolute atomic E-state index is 5.39. The molecule has 1 rings (SSSR count). The van der Waals surface area contributed by atoms with Gasteiger partial charge >= 0.3 is 0 Å². The Kier molecular flexibility index (Phi) is 3.50. The average molecular weight is 209 g/mol. The van der Waals surface area contributed by atoms with Crippen molar-refractivity contribution in [2.45, 2.75) is 33.1 Å². The van der Waals surface area contributed by atoms with Crippen LogP contribution in [0.2, 0.25) is 0 Å². The van der Waals surface area contributed by atoms with E-state index in [9.17, 15) is 0 Å². The first-order valence-electron chi connectivity index (χ1n) is 5.17. The van der Waals surface area contributed by atoms with Gasteiger partial charge in [-0.1, -0.05) is 20.8 Å². The highest BCUT2D eigenvalue weighted by molar-refractivity contribution is 5.38. The second-order valence-corrected chi connectivity index (χ2v) is 4.35. The average Bonchev–Trinajstić information content (AvgIpc) is 2.16. The van der Waals surface area contributed by atoms with Crippen LogP contribution in [0.1, 0.15) is 33.5 Å². The van der Waals surface area contributed by atoms with E-state index in [-0.39, 0.29) is 5.41 Å². The summed E-state index contributed by atoms with van der Waals surface area (Å²) in [6.07, 6.45) is 0. The molecule has 0 aliphatic carbocycles. The van der Waals surface area contributed by atoms with Crippen LogP contribution in [-0.4, -0.2) is 23.6 Å². The van der Waals surface area contributed by atoms with Crippen molar-refractivity contribution in [3.63, 3.8) is 0 Å². The predicted octanol–water partition coefficient (Wildman–Crippen LogP) is 2.21. The Morgan fingerprint density at radius 2 is 2.00 bits per heavy atom. The minimum atomic E-state index is -0.0707. The van der Waals surface area contributed by atoms with Crippen molar-refractivity contribution < 1.29 is 4.74 Å². The number of nitrogens with zero attached hydrogens (tertiary/aromatic N) is 2. The second kappa shape index (κ2) is 4.47. The molecule has 4 heteroatoms. The Bertz CT molecular complexity index is 331. The SMILES string of the molecule is CCOc1cc(NC)nc(C(C)(C)C)n1. The second-order valence-electron chi connectivity index (χ2n) is 4.35. The van der Waals surface area contributed by atoms with Gasteiger partial charge in [-0.25, -0.2) is 4.98 Å². The molecule has 0 bridgehead atoms. The van der Waals surface area contributed by atoms with Crippen molar-refractivity contribution in [2.24, 2.45) is 0 Å². The molecular weight excluding hydrogens is 190 g/mol. The van der Waals surface area contributed by atoms with Crippen LogP contribution < -0.4 is 10.1 Å². The summed E-state index contributed by atoms with van der Waals surface area (Å²) in [7, 11) is 1.84. The van der Waals surface area contributed by atoms with Crippen LogP contribution in [0.5, 0.6) is 5.88 Å². The Balaban J connectivity index is 3.11. The molecule has 0 aliphatic heterocycles. The number of aromatic nitrogens is 2. The summed E-state index contributed by atoms with van der Waals surface area (Å²) < 4.78 is 5.39. The predicted molar refractivity (Wildman–Crippen MR) is 61.4 cm³/mol. The van der Waals surface area contributed by atoms with E-state index in [4.69, 9.17) is 4.74 Å². The highest BCUT2D eigenvalue weighted by atomic mass is 16.5. The fraction of sp³-hybridized carbons (Fsp3) is 0.636. The molecule has 84 valence electrons. The number of anilines is 1. The summed E-state index contributed by atoms with van der Waals surface area (Å²) in [5.41, 5.74) is -0.0707. The van der Waals surface area contributed by atoms with Crippen LogP contribution in [0.3, 0.4) is 0 Å². The van der Waals surface area contributed by atoms with Gasteiger partial charge in [0.25, 0.3) is 0 Å². The summed E-state index contributed by atoms with van der Waals surface area (Å²) >= 11 is 0. The maximum atomic E-state index is 5.39. The van der Waals surface area contributed by atoms with Crippen molar-refractivity contribution in [1.82, 2.24) is 9.97 Å². The molecule has 0 radical (unpaired) electrons. The van der Waals surface area contributed by atoms with Crippen molar-refractivity contribution in [3.05, 3.63) is 11.9 Å². The molecular formula is C11H19N3O. The molecule has 0 fully saturated rings. The Morgan fingerprint density at radius 3 is 2.47 bits per heavy atom. The van der Waals surface area contributed by atoms with E-state index in [2.05, 4.69) is 36.1 Å². The summed E-state index contributed by atoms with van der Waals surface area (Å²) in [5.74, 6) is 2.21. The van der Waals surface area contributed by atoms with Crippen molar-refractivity contribution >= 4 is 5.82 Å². The lowest BCUT2D eigenvalue weighted by Crippen LogP contribution is -2.17. The van der Waals surface area contributed by atoms with Gasteiger partial charge in [0.2, 0.25) is 5.88 Å². The lowest BCUT2D eigenvalue weighted by molar-refractivity contribution is 0.322. The third kappa shape index (κ3) is 3.08. The van der Waals surface area contributed by atoms with Crippen LogP contribution >= 0.6 is 0 Å². The standard InChI is InChI=1S/C11H19N3O/c1-6-15-9-7-8(12-5)13-10(14-9)11(2,3)4/h7H,6H2,1-5H3,(H,12,13,14). The smallest absolute Gasteiger partial charge is 0.218 e. The van der Waals surface area contributed by atoms with Crippen LogP contribution in [0.4, 0.5) is 5.82 Å². The zero-order valence-corrected chi connectivity index (χ0v) is 10.1. The molecule has 0 saturated carbocycles. The zero-order chi connectivity index (χ0) is 11.5. The van der Waals surface area contributed by atoms with Gasteiger partial charge in [0.15, 0.2) is 0 Å². The number of hydrogen-bond acceptors (Lipinski definition) is 4. The molecule has 0 saturated heterocycles. The topological polar surface area (TPSA) is 47.0 Å². The lowest BCUT2D eigenvalue weighted by atomic mass is 9.96. The number of rotatable bonds is 3. The fourth-order valence-corrected chi connectivity index (χ4v) is 1.11. The monoisotopic (exact) mass is 209 g/mol. The zero-order valence-electron chi connectivity index (χ0n) is 10.1. The van der Waals surface area contributed by atoms with E-state index in [1.807, 2.05) is 14.0 Å². The third-order valence-corrected chi connectivity index (χ3v) is 1.92. The molecule has 0 spiro atoms. The Morgan fingerprint density at radius 1 is 1.33 bits per heavy atom. The molecule has 15 heavy (non-hydrogen) atoms. The molecule has 4 nitrogen and oxygen atoms in total. The van der Waals surface area contributed by atoms with Gasteiger partial charge in [-0.05, 0) is 6.92 Å². The van der Waals surface area contributed by atoms with Gasteiger partial charge in [-0.15, -0.1) is 0 Å². The lowest BCUT2D eigenvalue weighted by Gasteiger charge is -2.18. The highest BCUT2D eigenvalue weighted by Crippen LogP contribution is 2.22. The molecule has 0 atom stereocenters. The first-order chi connectivity index (χ1) is 6.97. The van der Waals surface area contributed by atoms with Gasteiger partial charge in [0.05, 0.1) is 6.61 Å². The van der Waals surface area contributed by atoms with Crippen molar-refractivity contribution in [1.29, 1.82) is 0 Å². The molecule has 1 N–H and O–H groups in total. The van der Waals surface area contributed by atoms with Gasteiger partial charge in [-0.2, -0.15) is 4.98 Å². The molecule has 1 heterocycles. The number of nitrogens with one attached hydrogen (secondary N) is 1. The third-order valence-electron chi connectivity index (χ3n) is 1.92. The number of hydrogen-bond donors (Lipinski definition) is 1. The summed E-state index contributed by atoms with van der Waals surface area (Å²) in [6, 6.07) is 1.80. The van der Waals surface area contributed by atoms with Crippen LogP contribution in [0, 0.1) is 0 Å². The van der Waals surface area contributed by atoms with Gasteiger partial charge in [0.1, 0.15) is 11.6 Å². The minimum Gasteiger partial charge on any atom is -0.478 e. The molecule has 1 aromatic heterocycles. The van der Waals surface area contributed by atoms with E-state index in [0.717, 1.165) is 11.6 Å². The molecule has 1 aromatic rings. The summed E-state index contributed by atoms with van der Waals surface area (Å²) in [5, 5.41) is 3.01. The Labute approximate surface area is 91.1 Å². The highest BCUT2D eigenvalue weighted by Gasteiger charge is 2.19.